The van der Waals surface area contributed by atoms with Gasteiger partial charge >= 0.3 is 11.9 Å². The summed E-state index contributed by atoms with van der Waals surface area (Å²) in [4.78, 5) is 49.6. The minimum atomic E-state index is -1.36. The zero-order valence-electron chi connectivity index (χ0n) is 18.6. The van der Waals surface area contributed by atoms with E-state index in [2.05, 4.69) is 5.10 Å². The van der Waals surface area contributed by atoms with Crippen LogP contribution in [0.1, 0.15) is 40.0 Å². The van der Waals surface area contributed by atoms with E-state index in [1.165, 1.54) is 10.6 Å². The fourth-order valence-electron chi connectivity index (χ4n) is 4.05. The number of aliphatic carboxylic acids is 1. The Morgan fingerprint density at radius 2 is 1.71 bits per heavy atom. The molecule has 2 aromatic heterocycles. The number of nitrogens with zero attached hydrogens (tertiary/aromatic N) is 3. The number of pyridine rings is 1. The van der Waals surface area contributed by atoms with Crippen LogP contribution in [0.3, 0.4) is 0 Å². The molecule has 2 aromatic carbocycles. The zero-order valence-corrected chi connectivity index (χ0v) is 19.3. The lowest BCUT2D eigenvalue weighted by atomic mass is 9.94. The quantitative estimate of drug-likeness (QED) is 0.355. The molecule has 2 N–H and O–H groups in total. The van der Waals surface area contributed by atoms with Crippen molar-refractivity contribution in [2.24, 2.45) is 0 Å². The fraction of sp³-hybridized carbons (Fsp3) is 0.160. The number of rotatable bonds is 8. The molecule has 0 amide bonds. The van der Waals surface area contributed by atoms with Gasteiger partial charge in [-0.1, -0.05) is 48.9 Å². The molecular formula is C25H20ClN3O6. The second-order valence-corrected chi connectivity index (χ2v) is 8.26. The van der Waals surface area contributed by atoms with Gasteiger partial charge in [0.1, 0.15) is 12.2 Å². The molecule has 2 heterocycles. The van der Waals surface area contributed by atoms with Crippen LogP contribution in [0.2, 0.25) is 5.02 Å². The number of halogens is 1. The highest BCUT2D eigenvalue weighted by Gasteiger charge is 2.24. The van der Waals surface area contributed by atoms with Gasteiger partial charge in [-0.3, -0.25) is 19.0 Å². The van der Waals surface area contributed by atoms with Crippen molar-refractivity contribution in [3.05, 3.63) is 87.1 Å². The molecule has 178 valence electrons. The van der Waals surface area contributed by atoms with E-state index in [1.54, 1.807) is 25.1 Å². The van der Waals surface area contributed by atoms with E-state index in [-0.39, 0.29) is 35.8 Å². The van der Waals surface area contributed by atoms with Gasteiger partial charge in [-0.15, -0.1) is 0 Å². The molecule has 0 saturated heterocycles. The molecule has 4 rings (SSSR count). The predicted octanol–water partition coefficient (Wildman–Crippen LogP) is 3.94. The number of carbonyl (C=O) groups excluding carboxylic acids is 1. The van der Waals surface area contributed by atoms with Crippen molar-refractivity contribution in [1.82, 2.24) is 14.3 Å². The van der Waals surface area contributed by atoms with Crippen LogP contribution in [0.5, 0.6) is 0 Å². The Balaban J connectivity index is 2.04. The number of ketones is 1. The number of aromatic carboxylic acids is 1. The van der Waals surface area contributed by atoms with E-state index in [1.807, 2.05) is 30.3 Å². The summed E-state index contributed by atoms with van der Waals surface area (Å²) >= 11 is 6.25. The van der Waals surface area contributed by atoms with Crippen molar-refractivity contribution < 1.29 is 24.6 Å². The zero-order chi connectivity index (χ0) is 25.3. The minimum Gasteiger partial charge on any atom is -0.480 e. The van der Waals surface area contributed by atoms with Gasteiger partial charge in [-0.05, 0) is 35.2 Å². The number of Topliss-reactive ketones (excluding diaryl/α,β-unsaturated/α-hetero) is 1. The molecule has 0 saturated carbocycles. The molecule has 0 atom stereocenters. The summed E-state index contributed by atoms with van der Waals surface area (Å²) < 4.78 is 2.11. The lowest BCUT2D eigenvalue weighted by molar-refractivity contribution is -0.137. The summed E-state index contributed by atoms with van der Waals surface area (Å²) in [6.45, 7) is 0.784. The van der Waals surface area contributed by atoms with Gasteiger partial charge in [-0.25, -0.2) is 9.48 Å². The third kappa shape index (κ3) is 4.58. The first-order valence-corrected chi connectivity index (χ1v) is 11.1. The maximum absolute atomic E-state index is 13.6. The van der Waals surface area contributed by atoms with E-state index in [0.29, 0.717) is 26.9 Å². The van der Waals surface area contributed by atoms with Crippen molar-refractivity contribution in [2.45, 2.75) is 26.4 Å². The molecule has 0 bridgehead atoms. The first-order chi connectivity index (χ1) is 16.7. The van der Waals surface area contributed by atoms with Gasteiger partial charge in [0, 0.05) is 22.4 Å². The van der Waals surface area contributed by atoms with Gasteiger partial charge in [0.05, 0.1) is 17.9 Å². The van der Waals surface area contributed by atoms with E-state index in [4.69, 9.17) is 16.7 Å². The molecular weight excluding hydrogens is 474 g/mol. The molecule has 0 fully saturated rings. The van der Waals surface area contributed by atoms with E-state index < -0.39 is 24.0 Å². The summed E-state index contributed by atoms with van der Waals surface area (Å²) in [5.41, 5.74) is 0.685. The standard InChI is InChI=1S/C25H20ClN3O6/c1-2-20(30)23-22(14-6-4-3-5-7-14)18-10-15(26)8-9-17(18)24(33)28(23)12-16-11-19(25(34)35)29(27-16)13-21(31)32/h3-11H,2,12-13H2,1H3,(H,31,32)(H,34,35). The van der Waals surface area contributed by atoms with Gasteiger partial charge in [0.25, 0.3) is 5.56 Å². The highest BCUT2D eigenvalue weighted by atomic mass is 35.5. The monoisotopic (exact) mass is 493 g/mol. The molecule has 9 nitrogen and oxygen atoms in total. The first-order valence-electron chi connectivity index (χ1n) is 10.7. The molecule has 4 aromatic rings. The number of carbonyl (C=O) groups is 3. The average Bonchev–Trinajstić information content (AvgIpc) is 3.22. The molecule has 0 radical (unpaired) electrons. The van der Waals surface area contributed by atoms with Crippen LogP contribution in [0, 0.1) is 0 Å². The Kier molecular flexibility index (Phi) is 6.52. The van der Waals surface area contributed by atoms with Gasteiger partial charge in [-0.2, -0.15) is 5.10 Å². The fourth-order valence-corrected chi connectivity index (χ4v) is 4.23. The van der Waals surface area contributed by atoms with Crippen molar-refractivity contribution >= 4 is 40.1 Å². The molecule has 0 aliphatic carbocycles. The van der Waals surface area contributed by atoms with Gasteiger partial charge < -0.3 is 10.2 Å². The third-order valence-corrected chi connectivity index (χ3v) is 5.77. The molecule has 0 unspecified atom stereocenters. The van der Waals surface area contributed by atoms with Crippen LogP contribution < -0.4 is 5.56 Å². The van der Waals surface area contributed by atoms with Gasteiger partial charge in [0.15, 0.2) is 5.78 Å². The summed E-state index contributed by atoms with van der Waals surface area (Å²) in [5.74, 6) is -2.93. The highest BCUT2D eigenvalue weighted by molar-refractivity contribution is 6.31. The number of fused-ring (bicyclic) bond motifs is 1. The average molecular weight is 494 g/mol. The first kappa shape index (κ1) is 23.9. The molecule has 0 aliphatic rings. The van der Waals surface area contributed by atoms with Gasteiger partial charge in [0.2, 0.25) is 0 Å². The summed E-state index contributed by atoms with van der Waals surface area (Å²) in [6.07, 6.45) is 0.110. The van der Waals surface area contributed by atoms with Crippen LogP contribution >= 0.6 is 11.6 Å². The predicted molar refractivity (Wildman–Crippen MR) is 129 cm³/mol. The van der Waals surface area contributed by atoms with Crippen molar-refractivity contribution in [3.63, 3.8) is 0 Å². The lowest BCUT2D eigenvalue weighted by Crippen LogP contribution is -2.28. The van der Waals surface area contributed by atoms with E-state index in [9.17, 15) is 24.3 Å². The minimum absolute atomic E-state index is 0.110. The van der Waals surface area contributed by atoms with Crippen LogP contribution in [0.4, 0.5) is 0 Å². The molecule has 35 heavy (non-hydrogen) atoms. The number of hydrogen-bond acceptors (Lipinski definition) is 5. The lowest BCUT2D eigenvalue weighted by Gasteiger charge is -2.19. The highest BCUT2D eigenvalue weighted by Crippen LogP contribution is 2.33. The number of aromatic nitrogens is 3. The number of hydrogen-bond donors (Lipinski definition) is 2. The van der Waals surface area contributed by atoms with Crippen molar-refractivity contribution in [3.8, 4) is 11.1 Å². The molecule has 0 spiro atoms. The second-order valence-electron chi connectivity index (χ2n) is 7.83. The molecule has 0 aliphatic heterocycles. The maximum Gasteiger partial charge on any atom is 0.354 e. The number of benzene rings is 2. The van der Waals surface area contributed by atoms with Crippen molar-refractivity contribution in [2.75, 3.05) is 0 Å². The Labute approximate surface area is 203 Å². The summed E-state index contributed by atoms with van der Waals surface area (Å²) in [5, 5.41) is 23.9. The Bertz CT molecular complexity index is 1540. The third-order valence-electron chi connectivity index (χ3n) is 5.54. The number of carboxylic acid groups (broad SMARTS) is 2. The normalized spacial score (nSPS) is 11.0. The van der Waals surface area contributed by atoms with E-state index >= 15 is 0 Å². The van der Waals surface area contributed by atoms with Crippen LogP contribution in [0.25, 0.3) is 21.9 Å². The Morgan fingerprint density at radius 1 is 1.00 bits per heavy atom. The topological polar surface area (TPSA) is 131 Å². The summed E-state index contributed by atoms with van der Waals surface area (Å²) in [7, 11) is 0. The Hall–Kier alpha value is -4.24. The second kappa shape index (κ2) is 9.55. The maximum atomic E-state index is 13.6. The Morgan fingerprint density at radius 3 is 2.34 bits per heavy atom. The van der Waals surface area contributed by atoms with Crippen LogP contribution in [0.15, 0.2) is 59.4 Å². The van der Waals surface area contributed by atoms with Crippen LogP contribution in [-0.2, 0) is 17.9 Å². The number of carboxylic acids is 2. The summed E-state index contributed by atoms with van der Waals surface area (Å²) in [6, 6.07) is 15.1. The largest absolute Gasteiger partial charge is 0.480 e. The smallest absolute Gasteiger partial charge is 0.354 e. The van der Waals surface area contributed by atoms with E-state index in [0.717, 1.165) is 4.68 Å². The van der Waals surface area contributed by atoms with Crippen molar-refractivity contribution in [1.29, 1.82) is 0 Å². The molecule has 10 heteroatoms. The van der Waals surface area contributed by atoms with Crippen LogP contribution in [-0.4, -0.2) is 42.3 Å². The SMILES string of the molecule is CCC(=O)c1c(-c2ccccc2)c2cc(Cl)ccc2c(=O)n1Cc1cc(C(=O)O)n(CC(=O)O)n1.